The molecule has 0 aromatic carbocycles. The number of carbonyl (C=O) groups excluding carboxylic acids is 2. The van der Waals surface area contributed by atoms with E-state index in [-0.39, 0.29) is 12.0 Å². The summed E-state index contributed by atoms with van der Waals surface area (Å²) in [4.78, 5) is 25.2. The van der Waals surface area contributed by atoms with E-state index in [1.807, 2.05) is 6.07 Å². The summed E-state index contributed by atoms with van der Waals surface area (Å²) < 4.78 is 37.4. The van der Waals surface area contributed by atoms with Crippen molar-refractivity contribution >= 4 is 11.8 Å². The molecule has 2 aliphatic rings. The lowest BCUT2D eigenvalue weighted by molar-refractivity contribution is -0.176. The molecule has 0 aromatic heterocycles. The van der Waals surface area contributed by atoms with Gasteiger partial charge in [-0.2, -0.15) is 18.4 Å². The molecule has 0 radical (unpaired) electrons. The van der Waals surface area contributed by atoms with Crippen LogP contribution in [0.15, 0.2) is 0 Å². The predicted octanol–water partition coefficient (Wildman–Crippen LogP) is 1.59. The SMILES string of the molecule is CC(C)(C)[C@H](NC(=O)C(F)(F)F)C(=O)N1[C@H](C#N)C[C@@H]2C[C@@H]21. The van der Waals surface area contributed by atoms with E-state index < -0.39 is 35.5 Å². The molecule has 2 rings (SSSR count). The van der Waals surface area contributed by atoms with E-state index in [9.17, 15) is 22.8 Å². The maximum absolute atomic E-state index is 12.7. The van der Waals surface area contributed by atoms with Crippen molar-refractivity contribution in [3.8, 4) is 6.07 Å². The normalized spacial score (nSPS) is 28.6. The van der Waals surface area contributed by atoms with Crippen LogP contribution in [-0.2, 0) is 9.59 Å². The Kier molecular flexibility index (Phi) is 3.88. The summed E-state index contributed by atoms with van der Waals surface area (Å²) in [6.45, 7) is 4.73. The second kappa shape index (κ2) is 5.14. The van der Waals surface area contributed by atoms with Crippen LogP contribution in [0.5, 0.6) is 0 Å². The van der Waals surface area contributed by atoms with Gasteiger partial charge >= 0.3 is 12.1 Å². The molecule has 1 heterocycles. The molecule has 1 aliphatic heterocycles. The minimum Gasteiger partial charge on any atom is -0.336 e. The van der Waals surface area contributed by atoms with Crippen LogP contribution in [0.2, 0.25) is 0 Å². The average Bonchev–Trinajstić information content (AvgIpc) is 3.03. The van der Waals surface area contributed by atoms with Crippen molar-refractivity contribution < 1.29 is 22.8 Å². The lowest BCUT2D eigenvalue weighted by Crippen LogP contribution is -2.58. The molecular formula is C14H18F3N3O2. The van der Waals surface area contributed by atoms with Gasteiger partial charge < -0.3 is 10.2 Å². The summed E-state index contributed by atoms with van der Waals surface area (Å²) in [5.41, 5.74) is -0.898. The Morgan fingerprint density at radius 3 is 2.32 bits per heavy atom. The fraction of sp³-hybridized carbons (Fsp3) is 0.786. The Labute approximate surface area is 126 Å². The Bertz CT molecular complexity index is 533. The lowest BCUT2D eigenvalue weighted by atomic mass is 9.85. The predicted molar refractivity (Wildman–Crippen MR) is 70.2 cm³/mol. The van der Waals surface area contributed by atoms with E-state index in [0.717, 1.165) is 6.42 Å². The monoisotopic (exact) mass is 317 g/mol. The van der Waals surface area contributed by atoms with Gasteiger partial charge in [0.15, 0.2) is 0 Å². The maximum Gasteiger partial charge on any atom is 0.471 e. The highest BCUT2D eigenvalue weighted by Crippen LogP contribution is 2.48. The number of nitrogens with one attached hydrogen (secondary N) is 1. The molecule has 1 N–H and O–H groups in total. The number of amides is 2. The third-order valence-electron chi connectivity index (χ3n) is 4.15. The van der Waals surface area contributed by atoms with Gasteiger partial charge in [-0.3, -0.25) is 9.59 Å². The molecule has 5 nitrogen and oxygen atoms in total. The van der Waals surface area contributed by atoms with E-state index in [0.29, 0.717) is 6.42 Å². The molecule has 122 valence electrons. The number of likely N-dealkylation sites (tertiary alicyclic amines) is 1. The zero-order chi connectivity index (χ0) is 16.9. The van der Waals surface area contributed by atoms with Gasteiger partial charge in [-0.1, -0.05) is 20.8 Å². The minimum absolute atomic E-state index is 0.0789. The van der Waals surface area contributed by atoms with Gasteiger partial charge in [0.2, 0.25) is 5.91 Å². The van der Waals surface area contributed by atoms with Crippen molar-refractivity contribution in [1.29, 1.82) is 5.26 Å². The first kappa shape index (κ1) is 16.6. The van der Waals surface area contributed by atoms with Crippen molar-refractivity contribution in [3.05, 3.63) is 0 Å². The second-order valence-corrected chi connectivity index (χ2v) is 6.96. The summed E-state index contributed by atoms with van der Waals surface area (Å²) in [5.74, 6) is -2.49. The van der Waals surface area contributed by atoms with Crippen LogP contribution in [-0.4, -0.2) is 41.0 Å². The molecule has 0 aromatic rings. The first-order chi connectivity index (χ1) is 9.96. The fourth-order valence-corrected chi connectivity index (χ4v) is 2.90. The van der Waals surface area contributed by atoms with E-state index in [2.05, 4.69) is 0 Å². The number of nitrogens with zero attached hydrogens (tertiary/aromatic N) is 2. The molecule has 0 spiro atoms. The van der Waals surface area contributed by atoms with Crippen molar-refractivity contribution in [1.82, 2.24) is 10.2 Å². The summed E-state index contributed by atoms with van der Waals surface area (Å²) in [7, 11) is 0. The highest BCUT2D eigenvalue weighted by atomic mass is 19.4. The summed E-state index contributed by atoms with van der Waals surface area (Å²) in [6.07, 6.45) is -3.73. The third-order valence-corrected chi connectivity index (χ3v) is 4.15. The Hall–Kier alpha value is -1.78. The number of fused-ring (bicyclic) bond motifs is 1. The Morgan fingerprint density at radius 2 is 1.86 bits per heavy atom. The van der Waals surface area contributed by atoms with E-state index in [1.165, 1.54) is 4.90 Å². The number of carbonyl (C=O) groups is 2. The molecule has 8 heteroatoms. The molecule has 1 aliphatic carbocycles. The second-order valence-electron chi connectivity index (χ2n) is 6.96. The standard InChI is InChI=1S/C14H18F3N3O2/c1-13(2,3)10(19-12(22)14(15,16)17)11(21)20-8(6-18)4-7-5-9(7)20/h7-10H,4-5H2,1-3H3,(H,19,22)/t7-,8+,9+,10-/m1/s1. The van der Waals surface area contributed by atoms with Gasteiger partial charge in [-0.15, -0.1) is 0 Å². The number of nitriles is 1. The molecule has 1 saturated carbocycles. The van der Waals surface area contributed by atoms with Crippen LogP contribution in [0.4, 0.5) is 13.2 Å². The van der Waals surface area contributed by atoms with Crippen LogP contribution in [0, 0.1) is 22.7 Å². The van der Waals surface area contributed by atoms with Crippen molar-refractivity contribution in [2.45, 2.75) is 57.9 Å². The van der Waals surface area contributed by atoms with Crippen molar-refractivity contribution in [3.63, 3.8) is 0 Å². The molecule has 2 fully saturated rings. The van der Waals surface area contributed by atoms with Gasteiger partial charge in [0.1, 0.15) is 12.1 Å². The Morgan fingerprint density at radius 1 is 1.27 bits per heavy atom. The van der Waals surface area contributed by atoms with Crippen LogP contribution in [0.3, 0.4) is 0 Å². The van der Waals surface area contributed by atoms with E-state index in [4.69, 9.17) is 5.26 Å². The van der Waals surface area contributed by atoms with E-state index >= 15 is 0 Å². The highest BCUT2D eigenvalue weighted by Gasteiger charge is 2.56. The van der Waals surface area contributed by atoms with Gasteiger partial charge in [-0.05, 0) is 24.2 Å². The summed E-state index contributed by atoms with van der Waals surface area (Å²) in [5, 5.41) is 10.9. The lowest BCUT2D eigenvalue weighted by Gasteiger charge is -2.35. The van der Waals surface area contributed by atoms with Gasteiger partial charge in [0, 0.05) is 6.04 Å². The van der Waals surface area contributed by atoms with E-state index in [1.54, 1.807) is 26.1 Å². The first-order valence-electron chi connectivity index (χ1n) is 7.06. The molecule has 22 heavy (non-hydrogen) atoms. The summed E-state index contributed by atoms with van der Waals surface area (Å²) in [6, 6.07) is -0.00691. The molecular weight excluding hydrogens is 299 g/mol. The molecule has 1 saturated heterocycles. The molecule has 2 amide bonds. The fourth-order valence-electron chi connectivity index (χ4n) is 2.90. The quantitative estimate of drug-likeness (QED) is 0.840. The largest absolute Gasteiger partial charge is 0.471 e. The van der Waals surface area contributed by atoms with Gasteiger partial charge in [0.25, 0.3) is 0 Å². The summed E-state index contributed by atoms with van der Waals surface area (Å²) >= 11 is 0. The number of alkyl halides is 3. The van der Waals surface area contributed by atoms with Gasteiger partial charge in [-0.25, -0.2) is 0 Å². The molecule has 0 unspecified atom stereocenters. The smallest absolute Gasteiger partial charge is 0.336 e. The number of hydrogen-bond donors (Lipinski definition) is 1. The van der Waals surface area contributed by atoms with Crippen LogP contribution >= 0.6 is 0 Å². The van der Waals surface area contributed by atoms with Crippen LogP contribution < -0.4 is 5.32 Å². The first-order valence-corrected chi connectivity index (χ1v) is 7.06. The van der Waals surface area contributed by atoms with Crippen molar-refractivity contribution in [2.24, 2.45) is 11.3 Å². The number of halogens is 3. The molecule has 0 bridgehead atoms. The minimum atomic E-state index is -5.05. The zero-order valence-electron chi connectivity index (χ0n) is 12.6. The van der Waals surface area contributed by atoms with Gasteiger partial charge in [0.05, 0.1) is 6.07 Å². The molecule has 4 atom stereocenters. The number of piperidine rings is 1. The van der Waals surface area contributed by atoms with Crippen LogP contribution in [0.25, 0.3) is 0 Å². The zero-order valence-corrected chi connectivity index (χ0v) is 12.6. The highest BCUT2D eigenvalue weighted by molar-refractivity contribution is 5.91. The number of rotatable bonds is 2. The Balaban J connectivity index is 2.21. The average molecular weight is 317 g/mol. The van der Waals surface area contributed by atoms with Crippen molar-refractivity contribution in [2.75, 3.05) is 0 Å². The third kappa shape index (κ3) is 3.03. The van der Waals surface area contributed by atoms with Crippen LogP contribution in [0.1, 0.15) is 33.6 Å². The topological polar surface area (TPSA) is 73.2 Å². The maximum atomic E-state index is 12.7. The number of hydrogen-bond acceptors (Lipinski definition) is 3.